The van der Waals surface area contributed by atoms with Crippen molar-refractivity contribution in [1.82, 2.24) is 14.9 Å². The Morgan fingerprint density at radius 1 is 1.18 bits per heavy atom. The number of nitrogens with one attached hydrogen (secondary N) is 1. The number of carbonyl (C=O) groups is 1. The molecule has 4 rings (SSSR count). The molecule has 0 fully saturated rings. The van der Waals surface area contributed by atoms with Gasteiger partial charge in [0.25, 0.3) is 5.56 Å². The van der Waals surface area contributed by atoms with Gasteiger partial charge in [-0.3, -0.25) is 9.36 Å². The summed E-state index contributed by atoms with van der Waals surface area (Å²) in [6, 6.07) is 14.5. The Morgan fingerprint density at radius 2 is 1.97 bits per heavy atom. The summed E-state index contributed by atoms with van der Waals surface area (Å²) in [6.45, 7) is 0.485. The molecule has 0 saturated carbocycles. The number of benzene rings is 2. The van der Waals surface area contributed by atoms with E-state index in [9.17, 15) is 9.59 Å². The number of methoxy groups -OCH3 is 1. The molecule has 2 aromatic carbocycles. The summed E-state index contributed by atoms with van der Waals surface area (Å²) in [5.74, 6) is 0.929. The van der Waals surface area contributed by atoms with Crippen molar-refractivity contribution in [3.8, 4) is 27.6 Å². The van der Waals surface area contributed by atoms with E-state index in [1.165, 1.54) is 52.3 Å². The Labute approximate surface area is 211 Å². The molecule has 0 unspecified atom stereocenters. The molecule has 0 radical (unpaired) electrons. The van der Waals surface area contributed by atoms with Crippen LogP contribution in [0.15, 0.2) is 59.7 Å². The highest BCUT2D eigenvalue weighted by molar-refractivity contribution is 14.1. The lowest BCUT2D eigenvalue weighted by Crippen LogP contribution is -2.26. The Hall–Kier alpha value is -2.83. The quantitative estimate of drug-likeness (QED) is 0.232. The fraction of sp³-hybridized carbons (Fsp3) is 0.136. The lowest BCUT2D eigenvalue weighted by molar-refractivity contribution is 0.210. The van der Waals surface area contributed by atoms with E-state index >= 15 is 0 Å². The monoisotopic (exact) mass is 597 g/mol. The molecule has 33 heavy (non-hydrogen) atoms. The fourth-order valence-electron chi connectivity index (χ4n) is 3.12. The van der Waals surface area contributed by atoms with Crippen LogP contribution in [-0.2, 0) is 3.07 Å². The highest BCUT2D eigenvalue weighted by Gasteiger charge is 2.14. The minimum atomic E-state index is -0.545. The zero-order chi connectivity index (χ0) is 23.4. The molecule has 2 heterocycles. The maximum Gasteiger partial charge on any atom is 0.416 e. The van der Waals surface area contributed by atoms with Gasteiger partial charge in [-0.2, -0.15) is 0 Å². The molecule has 0 aliphatic carbocycles. The van der Waals surface area contributed by atoms with Gasteiger partial charge in [0.15, 0.2) is 34.5 Å². The summed E-state index contributed by atoms with van der Waals surface area (Å²) in [6.07, 6.45) is 0.953. The van der Waals surface area contributed by atoms with Crippen LogP contribution in [-0.4, -0.2) is 35.9 Å². The molecule has 8 nitrogen and oxygen atoms in total. The molecule has 0 aliphatic rings. The summed E-state index contributed by atoms with van der Waals surface area (Å²) in [7, 11) is 1.51. The first kappa shape index (κ1) is 23.3. The summed E-state index contributed by atoms with van der Waals surface area (Å²) < 4.78 is 17.6. The van der Waals surface area contributed by atoms with E-state index in [1.54, 1.807) is 18.2 Å². The average molecular weight is 598 g/mol. The van der Waals surface area contributed by atoms with Crippen LogP contribution >= 0.6 is 45.9 Å². The second kappa shape index (κ2) is 10.4. The molecule has 1 N–H and O–H groups in total. The van der Waals surface area contributed by atoms with Gasteiger partial charge in [-0.25, -0.2) is 9.78 Å². The van der Waals surface area contributed by atoms with Crippen LogP contribution < -0.4 is 20.3 Å². The molecule has 11 heteroatoms. The molecule has 1 amide bonds. The van der Waals surface area contributed by atoms with Gasteiger partial charge in [0.2, 0.25) is 0 Å². The molecule has 0 atom stereocenters. The van der Waals surface area contributed by atoms with Crippen molar-refractivity contribution in [1.29, 1.82) is 0 Å². The number of fused-ring (bicyclic) bond motifs is 1. The number of rotatable bonds is 7. The van der Waals surface area contributed by atoms with E-state index in [0.717, 1.165) is 10.4 Å². The predicted octanol–water partition coefficient (Wildman–Crippen LogP) is 5.23. The van der Waals surface area contributed by atoms with Crippen LogP contribution in [0.3, 0.4) is 0 Å². The van der Waals surface area contributed by atoms with Crippen LogP contribution in [0.25, 0.3) is 26.3 Å². The minimum absolute atomic E-state index is 0.178. The van der Waals surface area contributed by atoms with Gasteiger partial charge >= 0.3 is 6.09 Å². The highest BCUT2D eigenvalue weighted by atomic mass is 127. The third-order valence-electron chi connectivity index (χ3n) is 4.69. The number of hydrogen-bond acceptors (Lipinski definition) is 7. The number of carbonyl (C=O) groups excluding carboxylic acids is 1. The van der Waals surface area contributed by atoms with Crippen LogP contribution in [0.2, 0.25) is 5.02 Å². The number of nitrogens with zero attached hydrogens (tertiary/aromatic N) is 2. The normalized spacial score (nSPS) is 10.8. The highest BCUT2D eigenvalue weighted by Crippen LogP contribution is 2.32. The van der Waals surface area contributed by atoms with Gasteiger partial charge in [-0.1, -0.05) is 23.7 Å². The molecule has 170 valence electrons. The van der Waals surface area contributed by atoms with Crippen molar-refractivity contribution in [3.05, 3.63) is 70.2 Å². The first-order chi connectivity index (χ1) is 16.0. The molecular weight excluding hydrogens is 581 g/mol. The van der Waals surface area contributed by atoms with Gasteiger partial charge < -0.3 is 17.9 Å². The second-order valence-corrected chi connectivity index (χ2v) is 8.66. The summed E-state index contributed by atoms with van der Waals surface area (Å²) in [5.41, 5.74) is 2.02. The van der Waals surface area contributed by atoms with Crippen molar-refractivity contribution >= 4 is 62.3 Å². The van der Waals surface area contributed by atoms with Crippen LogP contribution in [0.1, 0.15) is 0 Å². The Balaban J connectivity index is 1.60. The predicted molar refractivity (Wildman–Crippen MR) is 136 cm³/mol. The molecule has 0 saturated heterocycles. The number of halogens is 2. The fourth-order valence-corrected chi connectivity index (χ4v) is 4.45. The van der Waals surface area contributed by atoms with Gasteiger partial charge in [-0.05, 0) is 35.9 Å². The standard InChI is InChI=1S/C22H17ClIN3O5S/c1-30-18-10-15(6-7-17(18)31-9-8-25-22(29)32-24)27-12-26-16-11-19(33-20(16)21(27)28)13-2-4-14(23)5-3-13/h2-7,10-12H,8-9H2,1H3,(H,25,29). The first-order valence-electron chi connectivity index (χ1n) is 9.65. The Bertz CT molecular complexity index is 1360. The molecule has 0 bridgehead atoms. The largest absolute Gasteiger partial charge is 0.493 e. The summed E-state index contributed by atoms with van der Waals surface area (Å²) in [4.78, 5) is 29.7. The van der Waals surface area contributed by atoms with Crippen LogP contribution in [0.4, 0.5) is 4.79 Å². The summed E-state index contributed by atoms with van der Waals surface area (Å²) in [5, 5.41) is 3.18. The van der Waals surface area contributed by atoms with Crippen LogP contribution in [0, 0.1) is 0 Å². The number of hydrogen-bond donors (Lipinski definition) is 1. The van der Waals surface area contributed by atoms with E-state index in [1.807, 2.05) is 30.3 Å². The Kier molecular flexibility index (Phi) is 7.36. The molecule has 2 aromatic heterocycles. The lowest BCUT2D eigenvalue weighted by Gasteiger charge is -2.13. The number of thiophene rings is 1. The van der Waals surface area contributed by atoms with E-state index in [0.29, 0.717) is 32.4 Å². The smallest absolute Gasteiger partial charge is 0.416 e. The maximum atomic E-state index is 13.2. The lowest BCUT2D eigenvalue weighted by atomic mass is 10.2. The second-order valence-electron chi connectivity index (χ2n) is 6.73. The van der Waals surface area contributed by atoms with E-state index in [-0.39, 0.29) is 18.7 Å². The number of amides is 1. The number of aromatic nitrogens is 2. The SMILES string of the molecule is COc1cc(-n2cnc3cc(-c4ccc(Cl)cc4)sc3c2=O)ccc1OCCNC(=O)OI. The van der Waals surface area contributed by atoms with Gasteiger partial charge in [-0.15, -0.1) is 11.3 Å². The molecule has 0 aliphatic heterocycles. The van der Waals surface area contributed by atoms with Crippen molar-refractivity contribution < 1.29 is 17.3 Å². The minimum Gasteiger partial charge on any atom is -0.493 e. The average Bonchev–Trinajstić information content (AvgIpc) is 3.28. The van der Waals surface area contributed by atoms with Crippen molar-refractivity contribution in [3.63, 3.8) is 0 Å². The zero-order valence-electron chi connectivity index (χ0n) is 17.2. The third kappa shape index (κ3) is 5.23. The van der Waals surface area contributed by atoms with Gasteiger partial charge in [0.05, 0.1) is 24.9 Å². The zero-order valence-corrected chi connectivity index (χ0v) is 20.9. The first-order valence-corrected chi connectivity index (χ1v) is 11.7. The van der Waals surface area contributed by atoms with Crippen molar-refractivity contribution in [2.75, 3.05) is 20.3 Å². The maximum absolute atomic E-state index is 13.2. The van der Waals surface area contributed by atoms with E-state index in [4.69, 9.17) is 21.1 Å². The summed E-state index contributed by atoms with van der Waals surface area (Å²) >= 11 is 8.86. The van der Waals surface area contributed by atoms with E-state index < -0.39 is 6.09 Å². The third-order valence-corrected chi connectivity index (χ3v) is 6.50. The Morgan fingerprint density at radius 3 is 2.70 bits per heavy atom. The molecule has 0 spiro atoms. The van der Waals surface area contributed by atoms with Crippen molar-refractivity contribution in [2.45, 2.75) is 0 Å². The van der Waals surface area contributed by atoms with Gasteiger partial charge in [0.1, 0.15) is 17.6 Å². The van der Waals surface area contributed by atoms with Crippen LogP contribution in [0.5, 0.6) is 11.5 Å². The van der Waals surface area contributed by atoms with E-state index in [2.05, 4.69) is 13.4 Å². The van der Waals surface area contributed by atoms with Gasteiger partial charge in [0, 0.05) is 16.0 Å². The number of ether oxygens (including phenoxy) is 2. The topological polar surface area (TPSA) is 91.7 Å². The molecular formula is C22H17ClIN3O5S. The molecule has 4 aromatic rings. The van der Waals surface area contributed by atoms with Crippen molar-refractivity contribution in [2.24, 2.45) is 0 Å².